The molecule has 0 aliphatic carbocycles. The highest BCUT2D eigenvalue weighted by molar-refractivity contribution is 5.73. The molecule has 0 bridgehead atoms. The first kappa shape index (κ1) is 21.4. The predicted molar refractivity (Wildman–Crippen MR) is 94.7 cm³/mol. The van der Waals surface area contributed by atoms with Crippen molar-refractivity contribution in [1.29, 1.82) is 0 Å². The molecule has 0 aromatic rings. The number of hydrogen-bond acceptors (Lipinski definition) is 2. The average molecular weight is 314 g/mol. The third-order valence-electron chi connectivity index (χ3n) is 4.36. The van der Waals surface area contributed by atoms with Crippen LogP contribution in [0.4, 0.5) is 0 Å². The van der Waals surface area contributed by atoms with Gasteiger partial charge in [-0.2, -0.15) is 0 Å². The highest BCUT2D eigenvalue weighted by atomic mass is 16.3. The summed E-state index contributed by atoms with van der Waals surface area (Å²) in [5, 5.41) is 9.67. The highest BCUT2D eigenvalue weighted by Gasteiger charge is 2.05. The van der Waals surface area contributed by atoms with Gasteiger partial charge in [-0.1, -0.05) is 90.4 Å². The standard InChI is InChI=1S/C19H39NO2/c1-2-3-4-5-6-7-8-9-10-11-12-13-14-15-18(21)16-17-19(20)22/h18,21H,2-17H2,1H3,(H2,20,22). The molecule has 0 saturated carbocycles. The lowest BCUT2D eigenvalue weighted by Gasteiger charge is -2.08. The van der Waals surface area contributed by atoms with Crippen molar-refractivity contribution in [3.63, 3.8) is 0 Å². The van der Waals surface area contributed by atoms with Crippen molar-refractivity contribution in [3.05, 3.63) is 0 Å². The molecule has 0 saturated heterocycles. The van der Waals surface area contributed by atoms with E-state index in [1.807, 2.05) is 0 Å². The number of aliphatic hydroxyl groups is 1. The number of carbonyl (C=O) groups excluding carboxylic acids is 1. The molecular formula is C19H39NO2. The van der Waals surface area contributed by atoms with Crippen LogP contribution >= 0.6 is 0 Å². The third kappa shape index (κ3) is 17.5. The van der Waals surface area contributed by atoms with Crippen LogP contribution in [-0.4, -0.2) is 17.1 Å². The first-order valence-corrected chi connectivity index (χ1v) is 9.63. The summed E-state index contributed by atoms with van der Waals surface area (Å²) in [4.78, 5) is 10.6. The number of rotatable bonds is 17. The zero-order valence-electron chi connectivity index (χ0n) is 14.8. The maximum Gasteiger partial charge on any atom is 0.217 e. The molecule has 0 aromatic heterocycles. The number of hydrogen-bond donors (Lipinski definition) is 2. The minimum atomic E-state index is -0.347. The smallest absolute Gasteiger partial charge is 0.217 e. The lowest BCUT2D eigenvalue weighted by Crippen LogP contribution is -2.15. The molecule has 0 radical (unpaired) electrons. The quantitative estimate of drug-likeness (QED) is 0.367. The topological polar surface area (TPSA) is 63.3 Å². The van der Waals surface area contributed by atoms with E-state index in [1.165, 1.54) is 77.0 Å². The molecule has 3 N–H and O–H groups in total. The summed E-state index contributed by atoms with van der Waals surface area (Å²) in [7, 11) is 0. The van der Waals surface area contributed by atoms with Gasteiger partial charge in [-0.3, -0.25) is 4.79 Å². The molecule has 3 heteroatoms. The Bertz CT molecular complexity index is 244. The Morgan fingerprint density at radius 1 is 0.773 bits per heavy atom. The summed E-state index contributed by atoms with van der Waals surface area (Å²) in [5.74, 6) is -0.315. The van der Waals surface area contributed by atoms with Crippen LogP contribution in [0, 0.1) is 0 Å². The molecule has 1 amide bonds. The fraction of sp³-hybridized carbons (Fsp3) is 0.947. The number of carbonyl (C=O) groups is 1. The zero-order chi connectivity index (χ0) is 16.5. The Balaban J connectivity index is 3.09. The van der Waals surface area contributed by atoms with Gasteiger partial charge in [0.15, 0.2) is 0 Å². The summed E-state index contributed by atoms with van der Waals surface area (Å²) >= 11 is 0. The molecule has 1 unspecified atom stereocenters. The number of nitrogens with two attached hydrogens (primary N) is 1. The Hall–Kier alpha value is -0.570. The van der Waals surface area contributed by atoms with Gasteiger partial charge in [0.2, 0.25) is 5.91 Å². The van der Waals surface area contributed by atoms with Crippen LogP contribution < -0.4 is 5.73 Å². The van der Waals surface area contributed by atoms with Crippen LogP contribution in [0.1, 0.15) is 110 Å². The Labute approximate surface area is 138 Å². The average Bonchev–Trinajstić information content (AvgIpc) is 2.49. The highest BCUT2D eigenvalue weighted by Crippen LogP contribution is 2.14. The van der Waals surface area contributed by atoms with E-state index in [4.69, 9.17) is 5.73 Å². The monoisotopic (exact) mass is 313 g/mol. The van der Waals surface area contributed by atoms with E-state index in [0.717, 1.165) is 12.8 Å². The van der Waals surface area contributed by atoms with E-state index in [2.05, 4.69) is 6.92 Å². The molecule has 0 fully saturated rings. The maximum absolute atomic E-state index is 10.6. The molecule has 132 valence electrons. The van der Waals surface area contributed by atoms with E-state index in [1.54, 1.807) is 0 Å². The van der Waals surface area contributed by atoms with Crippen LogP contribution in [0.15, 0.2) is 0 Å². The Morgan fingerprint density at radius 3 is 1.59 bits per heavy atom. The van der Waals surface area contributed by atoms with Crippen LogP contribution in [0.5, 0.6) is 0 Å². The van der Waals surface area contributed by atoms with Crippen molar-refractivity contribution in [2.75, 3.05) is 0 Å². The third-order valence-corrected chi connectivity index (χ3v) is 4.36. The summed E-state index contributed by atoms with van der Waals surface area (Å²) in [5.41, 5.74) is 5.07. The van der Waals surface area contributed by atoms with Crippen LogP contribution in [-0.2, 0) is 4.79 Å². The first-order chi connectivity index (χ1) is 10.7. The second kappa shape index (κ2) is 16.8. The van der Waals surface area contributed by atoms with Gasteiger partial charge in [-0.05, 0) is 12.8 Å². The van der Waals surface area contributed by atoms with Crippen molar-refractivity contribution >= 4 is 5.91 Å². The number of unbranched alkanes of at least 4 members (excludes halogenated alkanes) is 12. The number of amides is 1. The summed E-state index contributed by atoms with van der Waals surface area (Å²) in [6.45, 7) is 2.27. The normalized spacial score (nSPS) is 12.5. The number of primary amides is 1. The Kier molecular flexibility index (Phi) is 16.4. The van der Waals surface area contributed by atoms with Gasteiger partial charge >= 0.3 is 0 Å². The molecule has 22 heavy (non-hydrogen) atoms. The fourth-order valence-corrected chi connectivity index (χ4v) is 2.85. The van der Waals surface area contributed by atoms with E-state index >= 15 is 0 Å². The number of aliphatic hydroxyl groups excluding tert-OH is 1. The van der Waals surface area contributed by atoms with E-state index in [9.17, 15) is 9.90 Å². The summed E-state index contributed by atoms with van der Waals surface area (Å²) in [6.07, 6.45) is 18.7. The molecule has 0 spiro atoms. The minimum Gasteiger partial charge on any atom is -0.393 e. The van der Waals surface area contributed by atoms with Crippen LogP contribution in [0.3, 0.4) is 0 Å². The van der Waals surface area contributed by atoms with Gasteiger partial charge in [-0.15, -0.1) is 0 Å². The lowest BCUT2D eigenvalue weighted by molar-refractivity contribution is -0.118. The van der Waals surface area contributed by atoms with Crippen LogP contribution in [0.2, 0.25) is 0 Å². The van der Waals surface area contributed by atoms with Crippen molar-refractivity contribution < 1.29 is 9.90 Å². The molecule has 3 nitrogen and oxygen atoms in total. The van der Waals surface area contributed by atoms with Gasteiger partial charge in [0.1, 0.15) is 0 Å². The molecule has 0 rings (SSSR count). The van der Waals surface area contributed by atoms with E-state index in [-0.39, 0.29) is 12.0 Å². The lowest BCUT2D eigenvalue weighted by atomic mass is 10.0. The molecule has 0 aromatic carbocycles. The fourth-order valence-electron chi connectivity index (χ4n) is 2.85. The van der Waals surface area contributed by atoms with Gasteiger partial charge in [-0.25, -0.2) is 0 Å². The summed E-state index contributed by atoms with van der Waals surface area (Å²) in [6, 6.07) is 0. The van der Waals surface area contributed by atoms with E-state index < -0.39 is 0 Å². The van der Waals surface area contributed by atoms with Crippen LogP contribution in [0.25, 0.3) is 0 Å². The molecule has 0 aliphatic heterocycles. The van der Waals surface area contributed by atoms with E-state index in [0.29, 0.717) is 12.8 Å². The zero-order valence-corrected chi connectivity index (χ0v) is 14.8. The Morgan fingerprint density at radius 2 is 1.18 bits per heavy atom. The molecule has 1 atom stereocenters. The second-order valence-electron chi connectivity index (χ2n) is 6.69. The second-order valence-corrected chi connectivity index (χ2v) is 6.69. The molecule has 0 aliphatic rings. The SMILES string of the molecule is CCCCCCCCCCCCCCCC(O)CCC(N)=O. The van der Waals surface area contributed by atoms with Crippen molar-refractivity contribution in [2.24, 2.45) is 5.73 Å². The van der Waals surface area contributed by atoms with Gasteiger partial charge in [0, 0.05) is 6.42 Å². The molecule has 0 heterocycles. The van der Waals surface area contributed by atoms with Gasteiger partial charge < -0.3 is 10.8 Å². The van der Waals surface area contributed by atoms with Gasteiger partial charge in [0.05, 0.1) is 6.10 Å². The van der Waals surface area contributed by atoms with Crippen molar-refractivity contribution in [1.82, 2.24) is 0 Å². The predicted octanol–water partition coefficient (Wildman–Crippen LogP) is 5.09. The largest absolute Gasteiger partial charge is 0.393 e. The minimum absolute atomic E-state index is 0.305. The van der Waals surface area contributed by atoms with Crippen molar-refractivity contribution in [2.45, 2.75) is 116 Å². The molecular weight excluding hydrogens is 274 g/mol. The maximum atomic E-state index is 10.6. The van der Waals surface area contributed by atoms with Gasteiger partial charge in [0.25, 0.3) is 0 Å². The summed E-state index contributed by atoms with van der Waals surface area (Å²) < 4.78 is 0. The first-order valence-electron chi connectivity index (χ1n) is 9.63. The van der Waals surface area contributed by atoms with Crippen molar-refractivity contribution in [3.8, 4) is 0 Å².